The molecule has 21 heavy (non-hydrogen) atoms. The number of anilines is 1. The van der Waals surface area contributed by atoms with E-state index in [0.29, 0.717) is 12.4 Å². The molecule has 0 saturated carbocycles. The maximum atomic E-state index is 12.3. The van der Waals surface area contributed by atoms with Crippen LogP contribution in [-0.2, 0) is 6.54 Å². The van der Waals surface area contributed by atoms with Gasteiger partial charge in [-0.2, -0.15) is 5.10 Å². The van der Waals surface area contributed by atoms with E-state index in [1.807, 2.05) is 44.2 Å². The number of nitrogens with one attached hydrogen (secondary N) is 2. The van der Waals surface area contributed by atoms with Crippen molar-refractivity contribution >= 4 is 11.8 Å². The van der Waals surface area contributed by atoms with Crippen molar-refractivity contribution in [2.45, 2.75) is 26.4 Å². The second-order valence-electron chi connectivity index (χ2n) is 4.94. The van der Waals surface area contributed by atoms with Gasteiger partial charge in [0.15, 0.2) is 5.82 Å². The number of urea groups is 1. The van der Waals surface area contributed by atoms with Crippen LogP contribution in [0.1, 0.15) is 19.4 Å². The van der Waals surface area contributed by atoms with Gasteiger partial charge in [0.25, 0.3) is 5.56 Å². The summed E-state index contributed by atoms with van der Waals surface area (Å²) < 4.78 is 0. The van der Waals surface area contributed by atoms with Gasteiger partial charge < -0.3 is 4.90 Å². The highest BCUT2D eigenvalue weighted by Gasteiger charge is 2.17. The molecule has 6 heteroatoms. The first-order valence-electron chi connectivity index (χ1n) is 6.73. The minimum Gasteiger partial charge on any atom is -0.318 e. The monoisotopic (exact) mass is 286 g/mol. The van der Waals surface area contributed by atoms with E-state index in [0.717, 1.165) is 5.56 Å². The highest BCUT2D eigenvalue weighted by Crippen LogP contribution is 2.10. The van der Waals surface area contributed by atoms with Gasteiger partial charge in [0.05, 0.1) is 0 Å². The molecule has 2 amide bonds. The molecular weight excluding hydrogens is 268 g/mol. The van der Waals surface area contributed by atoms with Crippen LogP contribution in [0.25, 0.3) is 0 Å². The highest BCUT2D eigenvalue weighted by molar-refractivity contribution is 5.88. The average molecular weight is 286 g/mol. The molecule has 2 N–H and O–H groups in total. The van der Waals surface area contributed by atoms with E-state index in [-0.39, 0.29) is 17.6 Å². The van der Waals surface area contributed by atoms with E-state index >= 15 is 0 Å². The van der Waals surface area contributed by atoms with Gasteiger partial charge in [-0.25, -0.2) is 9.89 Å². The molecule has 0 aliphatic heterocycles. The number of amides is 2. The molecule has 0 unspecified atom stereocenters. The molecule has 1 aromatic heterocycles. The summed E-state index contributed by atoms with van der Waals surface area (Å²) in [6.45, 7) is 4.40. The molecule has 0 bridgehead atoms. The lowest BCUT2D eigenvalue weighted by molar-refractivity contribution is 0.193. The third kappa shape index (κ3) is 4.17. The fourth-order valence-electron chi connectivity index (χ4n) is 1.86. The van der Waals surface area contributed by atoms with Gasteiger partial charge in [0.2, 0.25) is 0 Å². The van der Waals surface area contributed by atoms with Gasteiger partial charge in [0.1, 0.15) is 0 Å². The molecule has 0 spiro atoms. The molecule has 1 heterocycles. The molecule has 1 aromatic carbocycles. The van der Waals surface area contributed by atoms with Crippen LogP contribution >= 0.6 is 0 Å². The van der Waals surface area contributed by atoms with Gasteiger partial charge in [-0.15, -0.1) is 0 Å². The Morgan fingerprint density at radius 2 is 1.95 bits per heavy atom. The van der Waals surface area contributed by atoms with E-state index in [4.69, 9.17) is 0 Å². The lowest BCUT2D eigenvalue weighted by Gasteiger charge is -2.26. The fraction of sp³-hybridized carbons (Fsp3) is 0.267. The fourth-order valence-corrected chi connectivity index (χ4v) is 1.86. The minimum atomic E-state index is -0.307. The molecule has 0 fully saturated rings. The molecule has 2 rings (SSSR count). The number of nitrogens with zero attached hydrogens (tertiary/aromatic N) is 2. The zero-order valence-corrected chi connectivity index (χ0v) is 12.0. The van der Waals surface area contributed by atoms with Crippen LogP contribution in [0, 0.1) is 0 Å². The van der Waals surface area contributed by atoms with Gasteiger partial charge in [-0.1, -0.05) is 30.3 Å². The van der Waals surface area contributed by atoms with Crippen LogP contribution in [0.15, 0.2) is 47.3 Å². The zero-order chi connectivity index (χ0) is 15.2. The Morgan fingerprint density at radius 3 is 2.52 bits per heavy atom. The molecule has 0 atom stereocenters. The van der Waals surface area contributed by atoms with E-state index in [1.54, 1.807) is 4.90 Å². The van der Waals surface area contributed by atoms with Crippen molar-refractivity contribution in [2.75, 3.05) is 5.32 Å². The topological polar surface area (TPSA) is 78.1 Å². The molecule has 0 aliphatic carbocycles. The second-order valence-corrected chi connectivity index (χ2v) is 4.94. The minimum absolute atomic E-state index is 0.0352. The number of aromatic amines is 1. The van der Waals surface area contributed by atoms with Gasteiger partial charge in [-0.3, -0.25) is 10.1 Å². The van der Waals surface area contributed by atoms with Crippen molar-refractivity contribution < 1.29 is 4.79 Å². The van der Waals surface area contributed by atoms with Crippen molar-refractivity contribution in [3.63, 3.8) is 0 Å². The summed E-state index contributed by atoms with van der Waals surface area (Å²) in [7, 11) is 0. The van der Waals surface area contributed by atoms with E-state index in [1.165, 1.54) is 12.1 Å². The van der Waals surface area contributed by atoms with Crippen LogP contribution in [0.3, 0.4) is 0 Å². The standard InChI is InChI=1S/C15H18N4O2/c1-11(2)19(10-12-6-4-3-5-7-12)15(21)16-13-8-9-14(20)18-17-13/h3-9,11H,10H2,1-2H3,(H,18,20)(H,16,17,21). The van der Waals surface area contributed by atoms with Crippen LogP contribution in [-0.4, -0.2) is 27.2 Å². The molecule has 0 saturated heterocycles. The highest BCUT2D eigenvalue weighted by atomic mass is 16.2. The van der Waals surface area contributed by atoms with Crippen LogP contribution in [0.5, 0.6) is 0 Å². The summed E-state index contributed by atoms with van der Waals surface area (Å²) in [4.78, 5) is 25.0. The molecular formula is C15H18N4O2. The van der Waals surface area contributed by atoms with Gasteiger partial charge in [-0.05, 0) is 25.5 Å². The Hall–Kier alpha value is -2.63. The summed E-state index contributed by atoms with van der Waals surface area (Å²) in [5.74, 6) is 0.318. The largest absolute Gasteiger partial charge is 0.323 e. The van der Waals surface area contributed by atoms with Crippen molar-refractivity contribution in [2.24, 2.45) is 0 Å². The third-order valence-corrected chi connectivity index (χ3v) is 2.99. The summed E-state index contributed by atoms with van der Waals surface area (Å²) in [6.07, 6.45) is 0. The van der Waals surface area contributed by atoms with Gasteiger partial charge >= 0.3 is 6.03 Å². The lowest BCUT2D eigenvalue weighted by atomic mass is 10.2. The maximum Gasteiger partial charge on any atom is 0.323 e. The predicted octanol–water partition coefficient (Wildman–Crippen LogP) is 2.21. The SMILES string of the molecule is CC(C)N(Cc1ccccc1)C(=O)Nc1ccc(=O)[nH]n1. The van der Waals surface area contributed by atoms with E-state index < -0.39 is 0 Å². The molecule has 110 valence electrons. The average Bonchev–Trinajstić information content (AvgIpc) is 2.48. The van der Waals surface area contributed by atoms with E-state index in [9.17, 15) is 9.59 Å². The Bertz CT molecular complexity index is 632. The smallest absolute Gasteiger partial charge is 0.318 e. The summed E-state index contributed by atoms with van der Waals surface area (Å²) in [6, 6.07) is 12.3. The Balaban J connectivity index is 2.09. The lowest BCUT2D eigenvalue weighted by Crippen LogP contribution is -2.39. The number of carbonyl (C=O) groups excluding carboxylic acids is 1. The first kappa shape index (κ1) is 14.8. The van der Waals surface area contributed by atoms with Crippen LogP contribution in [0.2, 0.25) is 0 Å². The Labute approximate surface area is 122 Å². The summed E-state index contributed by atoms with van der Waals surface area (Å²) in [5, 5.41) is 8.73. The first-order chi connectivity index (χ1) is 10.1. The Kier molecular flexibility index (Phi) is 4.71. The van der Waals surface area contributed by atoms with Crippen molar-refractivity contribution in [3.8, 4) is 0 Å². The summed E-state index contributed by atoms with van der Waals surface area (Å²) >= 11 is 0. The molecule has 6 nitrogen and oxygen atoms in total. The number of H-pyrrole nitrogens is 1. The second kappa shape index (κ2) is 6.69. The van der Waals surface area contributed by atoms with Gasteiger partial charge in [0, 0.05) is 18.7 Å². The zero-order valence-electron chi connectivity index (χ0n) is 12.0. The van der Waals surface area contributed by atoms with E-state index in [2.05, 4.69) is 15.5 Å². The third-order valence-electron chi connectivity index (χ3n) is 2.99. The normalized spacial score (nSPS) is 10.4. The Morgan fingerprint density at radius 1 is 1.24 bits per heavy atom. The van der Waals surface area contributed by atoms with Crippen LogP contribution < -0.4 is 10.9 Å². The maximum absolute atomic E-state index is 12.3. The number of aromatic nitrogens is 2. The van der Waals surface area contributed by atoms with Crippen LogP contribution in [0.4, 0.5) is 10.6 Å². The number of rotatable bonds is 4. The summed E-state index contributed by atoms with van der Waals surface area (Å²) in [5.41, 5.74) is 0.744. The quantitative estimate of drug-likeness (QED) is 0.904. The van der Waals surface area contributed by atoms with Crippen molar-refractivity contribution in [1.29, 1.82) is 0 Å². The van der Waals surface area contributed by atoms with Crippen molar-refractivity contribution in [3.05, 3.63) is 58.4 Å². The van der Waals surface area contributed by atoms with Crippen molar-refractivity contribution in [1.82, 2.24) is 15.1 Å². The molecule has 0 radical (unpaired) electrons. The number of hydrogen-bond donors (Lipinski definition) is 2. The molecule has 0 aliphatic rings. The number of benzene rings is 1. The number of carbonyl (C=O) groups is 1. The molecule has 2 aromatic rings. The number of hydrogen-bond acceptors (Lipinski definition) is 3. The predicted molar refractivity (Wildman–Crippen MR) is 81.0 cm³/mol. The first-order valence-corrected chi connectivity index (χ1v) is 6.73.